The van der Waals surface area contributed by atoms with E-state index in [2.05, 4.69) is 32.5 Å². The second kappa shape index (κ2) is 6.79. The Kier molecular flexibility index (Phi) is 4.25. The van der Waals surface area contributed by atoms with Crippen LogP contribution in [-0.4, -0.2) is 37.3 Å². The van der Waals surface area contributed by atoms with E-state index in [0.29, 0.717) is 6.54 Å². The van der Waals surface area contributed by atoms with Gasteiger partial charge in [-0.15, -0.1) is 11.3 Å². The van der Waals surface area contributed by atoms with Crippen LogP contribution < -0.4 is 11.1 Å². The van der Waals surface area contributed by atoms with Crippen LogP contribution >= 0.6 is 11.3 Å². The van der Waals surface area contributed by atoms with E-state index in [1.807, 2.05) is 18.2 Å². The predicted octanol–water partition coefficient (Wildman–Crippen LogP) is 1.46. The van der Waals surface area contributed by atoms with Crippen molar-refractivity contribution in [1.82, 2.24) is 24.2 Å². The first-order valence-corrected chi connectivity index (χ1v) is 10.4. The molecule has 0 saturated carbocycles. The molecule has 0 radical (unpaired) electrons. The summed E-state index contributed by atoms with van der Waals surface area (Å²) < 4.78 is 2.90. The highest BCUT2D eigenvalue weighted by molar-refractivity contribution is 7.09. The van der Waals surface area contributed by atoms with E-state index in [4.69, 9.17) is 0 Å². The lowest BCUT2D eigenvalue weighted by atomic mass is 9.85. The van der Waals surface area contributed by atoms with Crippen molar-refractivity contribution in [1.29, 1.82) is 0 Å². The number of likely N-dealkylation sites (tertiary alicyclic amines) is 1. The van der Waals surface area contributed by atoms with Crippen molar-refractivity contribution in [3.05, 3.63) is 79.0 Å². The van der Waals surface area contributed by atoms with Crippen LogP contribution in [-0.2, 0) is 25.0 Å². The van der Waals surface area contributed by atoms with E-state index in [1.54, 1.807) is 22.1 Å². The summed E-state index contributed by atoms with van der Waals surface area (Å²) in [4.78, 5) is 33.3. The van der Waals surface area contributed by atoms with Gasteiger partial charge in [-0.3, -0.25) is 24.0 Å². The van der Waals surface area contributed by atoms with Gasteiger partial charge >= 0.3 is 11.1 Å². The summed E-state index contributed by atoms with van der Waals surface area (Å²) in [5.74, 6) is 0.765. The van der Waals surface area contributed by atoms with E-state index in [1.165, 1.54) is 9.56 Å². The first-order valence-electron chi connectivity index (χ1n) is 9.52. The van der Waals surface area contributed by atoms with Gasteiger partial charge in [-0.25, -0.2) is 4.68 Å². The van der Waals surface area contributed by atoms with Gasteiger partial charge in [0.2, 0.25) is 0 Å². The molecule has 0 aromatic carbocycles. The molecule has 0 aliphatic carbocycles. The van der Waals surface area contributed by atoms with Crippen LogP contribution in [0.5, 0.6) is 0 Å². The van der Waals surface area contributed by atoms with Gasteiger partial charge in [0.15, 0.2) is 0 Å². The molecule has 1 saturated heterocycles. The molecule has 2 aliphatic heterocycles. The first-order chi connectivity index (χ1) is 13.6. The maximum absolute atomic E-state index is 12.7. The lowest BCUT2D eigenvalue weighted by molar-refractivity contribution is 0.300. The Morgan fingerprint density at radius 1 is 1.04 bits per heavy atom. The molecule has 1 atom stereocenters. The highest BCUT2D eigenvalue weighted by Crippen LogP contribution is 2.40. The molecular formula is C20H21N5O2S. The Morgan fingerprint density at radius 2 is 1.93 bits per heavy atom. The van der Waals surface area contributed by atoms with Gasteiger partial charge in [0, 0.05) is 36.1 Å². The molecule has 0 unspecified atom stereocenters. The zero-order valence-electron chi connectivity index (χ0n) is 15.5. The fourth-order valence-corrected chi connectivity index (χ4v) is 5.17. The molecule has 8 heteroatoms. The average Bonchev–Trinajstić information content (AvgIpc) is 3.44. The summed E-state index contributed by atoms with van der Waals surface area (Å²) in [6.07, 6.45) is 3.51. The van der Waals surface area contributed by atoms with Crippen molar-refractivity contribution >= 4 is 11.3 Å². The summed E-state index contributed by atoms with van der Waals surface area (Å²) >= 11 is 1.77. The minimum atomic E-state index is -0.570. The fraction of sp³-hybridized carbons (Fsp3) is 0.400. The van der Waals surface area contributed by atoms with Gasteiger partial charge in [-0.2, -0.15) is 5.10 Å². The Morgan fingerprint density at radius 3 is 2.71 bits per heavy atom. The number of pyridine rings is 1. The molecule has 0 N–H and O–H groups in total. The van der Waals surface area contributed by atoms with E-state index >= 15 is 0 Å². The van der Waals surface area contributed by atoms with Gasteiger partial charge in [-0.1, -0.05) is 12.1 Å². The standard InChI is InChI=1S/C20H21N5O2S/c26-17-18(27)25(12-15-4-1-2-8-21-15)22-19-20(7-10-24(17)19)6-9-23(14-20)13-16-5-3-11-28-16/h1-5,8,11H,6-7,9-10,12-14H2/t20-/m0/s1. The zero-order valence-corrected chi connectivity index (χ0v) is 16.3. The predicted molar refractivity (Wildman–Crippen MR) is 107 cm³/mol. The van der Waals surface area contributed by atoms with Crippen LogP contribution in [0.4, 0.5) is 0 Å². The van der Waals surface area contributed by atoms with Crippen LogP contribution in [0.15, 0.2) is 51.5 Å². The van der Waals surface area contributed by atoms with Crippen molar-refractivity contribution in [3.63, 3.8) is 0 Å². The summed E-state index contributed by atoms with van der Waals surface area (Å²) in [7, 11) is 0. The summed E-state index contributed by atoms with van der Waals surface area (Å²) in [6, 6.07) is 9.77. The normalized spacial score (nSPS) is 21.4. The number of hydrogen-bond donors (Lipinski definition) is 0. The van der Waals surface area contributed by atoms with Gasteiger partial charge in [0.1, 0.15) is 5.82 Å². The number of rotatable bonds is 4. The third-order valence-electron chi connectivity index (χ3n) is 5.85. The maximum Gasteiger partial charge on any atom is 0.332 e. The molecule has 3 aromatic rings. The second-order valence-electron chi connectivity index (χ2n) is 7.63. The molecular weight excluding hydrogens is 374 g/mol. The van der Waals surface area contributed by atoms with Crippen LogP contribution in [0.25, 0.3) is 0 Å². The van der Waals surface area contributed by atoms with Crippen LogP contribution in [0.3, 0.4) is 0 Å². The minimum Gasteiger partial charge on any atom is -0.297 e. The van der Waals surface area contributed by atoms with E-state index in [-0.39, 0.29) is 12.0 Å². The molecule has 2 aliphatic rings. The molecule has 3 aromatic heterocycles. The molecule has 5 rings (SSSR count). The highest BCUT2D eigenvalue weighted by atomic mass is 32.1. The van der Waals surface area contributed by atoms with Crippen molar-refractivity contribution in [3.8, 4) is 0 Å². The summed E-state index contributed by atoms with van der Waals surface area (Å²) in [6.45, 7) is 3.58. The number of fused-ring (bicyclic) bond motifs is 2. The summed E-state index contributed by atoms with van der Waals surface area (Å²) in [5, 5.41) is 6.78. The van der Waals surface area contributed by atoms with E-state index in [9.17, 15) is 9.59 Å². The van der Waals surface area contributed by atoms with Crippen molar-refractivity contribution in [2.75, 3.05) is 13.1 Å². The number of thiophene rings is 1. The lowest BCUT2D eigenvalue weighted by Gasteiger charge is -2.23. The minimum absolute atomic E-state index is 0.143. The van der Waals surface area contributed by atoms with Gasteiger partial charge in [0.25, 0.3) is 0 Å². The molecule has 144 valence electrons. The number of aromatic nitrogens is 4. The van der Waals surface area contributed by atoms with Crippen LogP contribution in [0.2, 0.25) is 0 Å². The van der Waals surface area contributed by atoms with Crippen molar-refractivity contribution in [2.24, 2.45) is 0 Å². The summed E-state index contributed by atoms with van der Waals surface area (Å²) in [5.41, 5.74) is -0.454. The third kappa shape index (κ3) is 2.93. The van der Waals surface area contributed by atoms with E-state index < -0.39 is 11.1 Å². The molecule has 7 nitrogen and oxygen atoms in total. The van der Waals surface area contributed by atoms with Crippen molar-refractivity contribution in [2.45, 2.75) is 37.9 Å². The monoisotopic (exact) mass is 395 g/mol. The molecule has 1 spiro atoms. The van der Waals surface area contributed by atoms with Crippen LogP contribution in [0.1, 0.15) is 29.2 Å². The second-order valence-corrected chi connectivity index (χ2v) is 8.67. The molecule has 1 fully saturated rings. The lowest BCUT2D eigenvalue weighted by Crippen LogP contribution is -2.45. The Bertz CT molecular complexity index is 1110. The van der Waals surface area contributed by atoms with Gasteiger partial charge < -0.3 is 0 Å². The quantitative estimate of drug-likeness (QED) is 0.626. The number of hydrogen-bond acceptors (Lipinski definition) is 6. The van der Waals surface area contributed by atoms with Crippen LogP contribution in [0, 0.1) is 0 Å². The Balaban J connectivity index is 1.48. The fourth-order valence-electron chi connectivity index (χ4n) is 4.43. The molecule has 28 heavy (non-hydrogen) atoms. The topological polar surface area (TPSA) is 73.0 Å². The molecule has 5 heterocycles. The molecule has 0 amide bonds. The zero-order chi connectivity index (χ0) is 19.1. The molecule has 0 bridgehead atoms. The maximum atomic E-state index is 12.7. The van der Waals surface area contributed by atoms with Gasteiger partial charge in [0.05, 0.1) is 12.2 Å². The van der Waals surface area contributed by atoms with E-state index in [0.717, 1.165) is 44.0 Å². The first kappa shape index (κ1) is 17.5. The van der Waals surface area contributed by atoms with Crippen molar-refractivity contribution < 1.29 is 0 Å². The Labute approximate surface area is 165 Å². The Hall–Kier alpha value is -2.58. The number of nitrogens with zero attached hydrogens (tertiary/aromatic N) is 5. The third-order valence-corrected chi connectivity index (χ3v) is 6.71. The SMILES string of the molecule is O=c1c(=O)n2c(nn1Cc1ccccn1)[C@@]1(CCN(Cc3cccs3)C1)CC2. The largest absolute Gasteiger partial charge is 0.332 e. The smallest absolute Gasteiger partial charge is 0.297 e. The highest BCUT2D eigenvalue weighted by Gasteiger charge is 2.47. The average molecular weight is 395 g/mol. The van der Waals surface area contributed by atoms with Gasteiger partial charge in [-0.05, 0) is 43.0 Å².